The van der Waals surface area contributed by atoms with Crippen LogP contribution in [0.1, 0.15) is 44.7 Å². The standard InChI is InChI=1S/C17H26N2O2/c1-4-16(18-5-2)13-6-10-15(11-7-13)21-12-17(20)19(3)14-8-9-14/h6-7,10-11,14,16,18H,4-5,8-9,12H2,1-3H3. The first-order valence-electron chi connectivity index (χ1n) is 7.87. The summed E-state index contributed by atoms with van der Waals surface area (Å²) in [6, 6.07) is 8.85. The third kappa shape index (κ3) is 4.46. The molecule has 1 amide bonds. The number of benzene rings is 1. The van der Waals surface area contributed by atoms with Crippen LogP contribution in [0.2, 0.25) is 0 Å². The number of likely N-dealkylation sites (N-methyl/N-ethyl adjacent to an activating group) is 1. The van der Waals surface area contributed by atoms with Crippen molar-refractivity contribution >= 4 is 5.91 Å². The number of amides is 1. The van der Waals surface area contributed by atoms with Gasteiger partial charge in [0, 0.05) is 19.1 Å². The van der Waals surface area contributed by atoms with E-state index in [0.717, 1.165) is 31.6 Å². The van der Waals surface area contributed by atoms with Crippen LogP contribution in [0.25, 0.3) is 0 Å². The van der Waals surface area contributed by atoms with E-state index in [9.17, 15) is 4.79 Å². The van der Waals surface area contributed by atoms with Crippen LogP contribution in [0.4, 0.5) is 0 Å². The maximum Gasteiger partial charge on any atom is 0.260 e. The minimum absolute atomic E-state index is 0.0562. The van der Waals surface area contributed by atoms with Crippen molar-refractivity contribution in [1.29, 1.82) is 0 Å². The molecule has 1 aromatic carbocycles. The fourth-order valence-electron chi connectivity index (χ4n) is 2.45. The number of carbonyl (C=O) groups excluding carboxylic acids is 1. The lowest BCUT2D eigenvalue weighted by Crippen LogP contribution is -2.33. The minimum Gasteiger partial charge on any atom is -0.484 e. The highest BCUT2D eigenvalue weighted by atomic mass is 16.5. The molecule has 1 aliphatic rings. The first-order chi connectivity index (χ1) is 10.2. The van der Waals surface area contributed by atoms with E-state index >= 15 is 0 Å². The zero-order chi connectivity index (χ0) is 15.2. The topological polar surface area (TPSA) is 41.6 Å². The Kier molecular flexibility index (Phi) is 5.62. The summed E-state index contributed by atoms with van der Waals surface area (Å²) in [6.45, 7) is 5.36. The Morgan fingerprint density at radius 2 is 2.00 bits per heavy atom. The van der Waals surface area contributed by atoms with E-state index in [4.69, 9.17) is 4.74 Å². The summed E-state index contributed by atoms with van der Waals surface area (Å²) in [4.78, 5) is 13.7. The quantitative estimate of drug-likeness (QED) is 0.800. The van der Waals surface area contributed by atoms with E-state index in [0.29, 0.717) is 12.1 Å². The van der Waals surface area contributed by atoms with E-state index in [1.54, 1.807) is 4.90 Å². The van der Waals surface area contributed by atoms with Gasteiger partial charge in [-0.25, -0.2) is 0 Å². The molecular weight excluding hydrogens is 264 g/mol. The molecule has 0 radical (unpaired) electrons. The SMILES string of the molecule is CCNC(CC)c1ccc(OCC(=O)N(C)C2CC2)cc1. The van der Waals surface area contributed by atoms with Crippen LogP contribution in [0.5, 0.6) is 5.75 Å². The number of hydrogen-bond donors (Lipinski definition) is 1. The van der Waals surface area contributed by atoms with Gasteiger partial charge in [-0.3, -0.25) is 4.79 Å². The van der Waals surface area contributed by atoms with E-state index < -0.39 is 0 Å². The summed E-state index contributed by atoms with van der Waals surface area (Å²) in [5, 5.41) is 3.45. The molecule has 0 aromatic heterocycles. The normalized spacial score (nSPS) is 15.6. The summed E-state index contributed by atoms with van der Waals surface area (Å²) < 4.78 is 5.58. The second-order valence-electron chi connectivity index (χ2n) is 5.61. The molecule has 116 valence electrons. The third-order valence-electron chi connectivity index (χ3n) is 3.99. The second kappa shape index (κ2) is 7.46. The van der Waals surface area contributed by atoms with Crippen molar-refractivity contribution in [2.45, 2.75) is 45.2 Å². The van der Waals surface area contributed by atoms with Crippen molar-refractivity contribution < 1.29 is 9.53 Å². The van der Waals surface area contributed by atoms with Crippen molar-refractivity contribution in [1.82, 2.24) is 10.2 Å². The van der Waals surface area contributed by atoms with Gasteiger partial charge in [-0.2, -0.15) is 0 Å². The summed E-state index contributed by atoms with van der Waals surface area (Å²) in [5.74, 6) is 0.809. The monoisotopic (exact) mass is 290 g/mol. The zero-order valence-corrected chi connectivity index (χ0v) is 13.3. The molecule has 1 atom stereocenters. The molecule has 0 heterocycles. The van der Waals surface area contributed by atoms with Gasteiger partial charge in [-0.15, -0.1) is 0 Å². The smallest absolute Gasteiger partial charge is 0.260 e. The Balaban J connectivity index is 1.85. The van der Waals surface area contributed by atoms with Crippen LogP contribution in [-0.2, 0) is 4.79 Å². The van der Waals surface area contributed by atoms with Gasteiger partial charge in [0.05, 0.1) is 0 Å². The molecular formula is C17H26N2O2. The first kappa shape index (κ1) is 15.8. The Bertz CT molecular complexity index is 454. The van der Waals surface area contributed by atoms with Gasteiger partial charge in [0.2, 0.25) is 0 Å². The fraction of sp³-hybridized carbons (Fsp3) is 0.588. The van der Waals surface area contributed by atoms with Gasteiger partial charge in [0.25, 0.3) is 5.91 Å². The lowest BCUT2D eigenvalue weighted by molar-refractivity contribution is -0.132. The molecule has 2 rings (SSSR count). The van der Waals surface area contributed by atoms with Gasteiger partial charge >= 0.3 is 0 Å². The summed E-state index contributed by atoms with van der Waals surface area (Å²) in [6.07, 6.45) is 3.30. The molecule has 21 heavy (non-hydrogen) atoms. The molecule has 0 saturated heterocycles. The molecule has 1 saturated carbocycles. The third-order valence-corrected chi connectivity index (χ3v) is 3.99. The molecule has 1 N–H and O–H groups in total. The first-order valence-corrected chi connectivity index (χ1v) is 7.87. The molecule has 1 aromatic rings. The van der Waals surface area contributed by atoms with Crippen LogP contribution < -0.4 is 10.1 Å². The van der Waals surface area contributed by atoms with Crippen molar-refractivity contribution in [2.75, 3.05) is 20.2 Å². The molecule has 0 spiro atoms. The van der Waals surface area contributed by atoms with Crippen molar-refractivity contribution in [2.24, 2.45) is 0 Å². The van der Waals surface area contributed by atoms with E-state index in [1.807, 2.05) is 19.2 Å². The maximum absolute atomic E-state index is 11.9. The van der Waals surface area contributed by atoms with E-state index in [-0.39, 0.29) is 12.5 Å². The Morgan fingerprint density at radius 3 is 2.52 bits per heavy atom. The highest BCUT2D eigenvalue weighted by Crippen LogP contribution is 2.25. The predicted octanol–water partition coefficient (Wildman–Crippen LogP) is 2.75. The lowest BCUT2D eigenvalue weighted by atomic mass is 10.0. The Hall–Kier alpha value is -1.55. The van der Waals surface area contributed by atoms with E-state index in [2.05, 4.69) is 31.3 Å². The van der Waals surface area contributed by atoms with Crippen LogP contribution >= 0.6 is 0 Å². The zero-order valence-electron chi connectivity index (χ0n) is 13.3. The van der Waals surface area contributed by atoms with Gasteiger partial charge in [-0.1, -0.05) is 26.0 Å². The Labute approximate surface area is 127 Å². The lowest BCUT2D eigenvalue weighted by Gasteiger charge is -2.18. The molecule has 4 heteroatoms. The summed E-state index contributed by atoms with van der Waals surface area (Å²) in [7, 11) is 1.86. The number of rotatable bonds is 8. The highest BCUT2D eigenvalue weighted by Gasteiger charge is 2.29. The molecule has 0 aliphatic heterocycles. The largest absolute Gasteiger partial charge is 0.484 e. The van der Waals surface area contributed by atoms with Crippen molar-refractivity contribution in [3.05, 3.63) is 29.8 Å². The van der Waals surface area contributed by atoms with Gasteiger partial charge in [0.15, 0.2) is 6.61 Å². The van der Waals surface area contributed by atoms with Gasteiger partial charge < -0.3 is 15.0 Å². The predicted molar refractivity (Wildman–Crippen MR) is 84.4 cm³/mol. The van der Waals surface area contributed by atoms with Crippen molar-refractivity contribution in [3.63, 3.8) is 0 Å². The Morgan fingerprint density at radius 1 is 1.33 bits per heavy atom. The average Bonchev–Trinajstić information content (AvgIpc) is 3.35. The number of carbonyl (C=O) groups is 1. The van der Waals surface area contributed by atoms with Crippen molar-refractivity contribution in [3.8, 4) is 5.75 Å². The van der Waals surface area contributed by atoms with Crippen LogP contribution in [0.3, 0.4) is 0 Å². The molecule has 1 fully saturated rings. The minimum atomic E-state index is 0.0562. The van der Waals surface area contributed by atoms with E-state index in [1.165, 1.54) is 5.56 Å². The van der Waals surface area contributed by atoms with Crippen LogP contribution in [0.15, 0.2) is 24.3 Å². The average molecular weight is 290 g/mol. The number of ether oxygens (including phenoxy) is 1. The van der Waals surface area contributed by atoms with Gasteiger partial charge in [-0.05, 0) is 43.5 Å². The van der Waals surface area contributed by atoms with Crippen LogP contribution in [-0.4, -0.2) is 37.0 Å². The summed E-state index contributed by atoms with van der Waals surface area (Å²) in [5.41, 5.74) is 1.26. The second-order valence-corrected chi connectivity index (χ2v) is 5.61. The molecule has 1 aliphatic carbocycles. The van der Waals surface area contributed by atoms with Gasteiger partial charge in [0.1, 0.15) is 5.75 Å². The molecule has 4 nitrogen and oxygen atoms in total. The number of nitrogens with zero attached hydrogens (tertiary/aromatic N) is 1. The highest BCUT2D eigenvalue weighted by molar-refractivity contribution is 5.78. The van der Waals surface area contributed by atoms with Crippen LogP contribution in [0, 0.1) is 0 Å². The molecule has 0 bridgehead atoms. The number of nitrogens with one attached hydrogen (secondary N) is 1. The maximum atomic E-state index is 11.9. The molecule has 1 unspecified atom stereocenters. The fourth-order valence-corrected chi connectivity index (χ4v) is 2.45. The summed E-state index contributed by atoms with van der Waals surface area (Å²) >= 11 is 0. The number of hydrogen-bond acceptors (Lipinski definition) is 3.